The summed E-state index contributed by atoms with van der Waals surface area (Å²) < 4.78 is 16.2. The quantitative estimate of drug-likeness (QED) is 0.756. The zero-order valence-electron chi connectivity index (χ0n) is 11.3. The van der Waals surface area contributed by atoms with Crippen molar-refractivity contribution in [3.05, 3.63) is 0 Å². The Labute approximate surface area is 103 Å². The number of nitrogens with two attached hydrogens (primary N) is 1. The second-order valence-electron chi connectivity index (χ2n) is 5.82. The van der Waals surface area contributed by atoms with Crippen LogP contribution in [0.3, 0.4) is 0 Å². The van der Waals surface area contributed by atoms with Crippen molar-refractivity contribution in [3.8, 4) is 0 Å². The Kier molecular flexibility index (Phi) is 4.17. The first kappa shape index (κ1) is 14.4. The third-order valence-corrected chi connectivity index (χ3v) is 2.33. The Morgan fingerprint density at radius 3 is 2.53 bits per heavy atom. The minimum absolute atomic E-state index is 0.140. The summed E-state index contributed by atoms with van der Waals surface area (Å²) in [6.07, 6.45) is -0.112. The summed E-state index contributed by atoms with van der Waals surface area (Å²) in [7, 11) is 0. The van der Waals surface area contributed by atoms with E-state index in [1.807, 2.05) is 34.6 Å². The third kappa shape index (κ3) is 5.02. The number of hydrogen-bond acceptors (Lipinski definition) is 5. The maximum atomic E-state index is 11.6. The summed E-state index contributed by atoms with van der Waals surface area (Å²) in [5.41, 5.74) is 5.43. The highest BCUT2D eigenvalue weighted by molar-refractivity contribution is 5.70. The predicted molar refractivity (Wildman–Crippen MR) is 63.3 cm³/mol. The maximum Gasteiger partial charge on any atom is 0.307 e. The van der Waals surface area contributed by atoms with E-state index in [2.05, 4.69) is 0 Å². The minimum Gasteiger partial charge on any atom is -0.460 e. The number of esters is 1. The molecule has 1 unspecified atom stereocenters. The van der Waals surface area contributed by atoms with Gasteiger partial charge in [0.25, 0.3) is 0 Å². The average Bonchev–Trinajstić information content (AvgIpc) is 2.42. The zero-order chi connectivity index (χ0) is 13.3. The van der Waals surface area contributed by atoms with Gasteiger partial charge in [-0.15, -0.1) is 0 Å². The van der Waals surface area contributed by atoms with Crippen molar-refractivity contribution in [3.63, 3.8) is 0 Å². The fraction of sp³-hybridized carbons (Fsp3) is 0.917. The molecule has 2 N–H and O–H groups in total. The molecular formula is C12H23NO4. The largest absolute Gasteiger partial charge is 0.460 e. The molecule has 1 saturated heterocycles. The average molecular weight is 245 g/mol. The van der Waals surface area contributed by atoms with Crippen LogP contribution < -0.4 is 5.73 Å². The maximum absolute atomic E-state index is 11.6. The van der Waals surface area contributed by atoms with Crippen molar-refractivity contribution >= 4 is 5.97 Å². The topological polar surface area (TPSA) is 70.8 Å². The summed E-state index contributed by atoms with van der Waals surface area (Å²) >= 11 is 0. The molecule has 0 aromatic heterocycles. The molecule has 17 heavy (non-hydrogen) atoms. The molecule has 0 bridgehead atoms. The molecule has 1 aliphatic heterocycles. The molecule has 5 heteroatoms. The van der Waals surface area contributed by atoms with E-state index in [9.17, 15) is 4.79 Å². The molecule has 1 aliphatic rings. The van der Waals surface area contributed by atoms with Crippen LogP contribution in [0.15, 0.2) is 0 Å². The molecule has 0 aliphatic carbocycles. The van der Waals surface area contributed by atoms with E-state index in [0.29, 0.717) is 6.61 Å². The van der Waals surface area contributed by atoms with Crippen molar-refractivity contribution < 1.29 is 19.0 Å². The van der Waals surface area contributed by atoms with Gasteiger partial charge in [0.15, 0.2) is 5.79 Å². The summed E-state index contributed by atoms with van der Waals surface area (Å²) in [5.74, 6) is -0.922. The van der Waals surface area contributed by atoms with E-state index in [1.54, 1.807) is 0 Å². The van der Waals surface area contributed by atoms with Gasteiger partial charge in [0, 0.05) is 6.04 Å². The van der Waals surface area contributed by atoms with E-state index >= 15 is 0 Å². The Morgan fingerprint density at radius 1 is 1.53 bits per heavy atom. The highest BCUT2D eigenvalue weighted by atomic mass is 16.7. The Balaban J connectivity index is 2.40. The number of carbonyl (C=O) groups is 1. The van der Waals surface area contributed by atoms with Gasteiger partial charge in [-0.05, 0) is 34.6 Å². The standard InChI is InChI=1S/C12H23NO4/c1-11(2,3)17-10(14)6-8(13)9-7-15-12(4,5)16-9/h8-9H,6-7,13H2,1-5H3/t8?,9-/m1/s1. The van der Waals surface area contributed by atoms with Crippen LogP contribution in [0.1, 0.15) is 41.0 Å². The molecular weight excluding hydrogens is 222 g/mol. The van der Waals surface area contributed by atoms with E-state index < -0.39 is 17.4 Å². The van der Waals surface area contributed by atoms with Crippen molar-refractivity contribution in [1.82, 2.24) is 0 Å². The SMILES string of the molecule is CC(C)(C)OC(=O)CC(N)[C@H]1COC(C)(C)O1. The molecule has 5 nitrogen and oxygen atoms in total. The lowest BCUT2D eigenvalue weighted by Gasteiger charge is -2.23. The van der Waals surface area contributed by atoms with Crippen molar-refractivity contribution in [1.29, 1.82) is 0 Å². The number of rotatable bonds is 3. The van der Waals surface area contributed by atoms with Gasteiger partial charge in [0.2, 0.25) is 0 Å². The van der Waals surface area contributed by atoms with Gasteiger partial charge in [-0.1, -0.05) is 0 Å². The fourth-order valence-electron chi connectivity index (χ4n) is 1.63. The molecule has 0 saturated carbocycles. The van der Waals surface area contributed by atoms with Crippen molar-refractivity contribution in [2.24, 2.45) is 5.73 Å². The van der Waals surface area contributed by atoms with Gasteiger partial charge < -0.3 is 19.9 Å². The summed E-state index contributed by atoms with van der Waals surface area (Å²) in [4.78, 5) is 11.6. The van der Waals surface area contributed by atoms with Crippen molar-refractivity contribution in [2.75, 3.05) is 6.61 Å². The minimum atomic E-state index is -0.615. The molecule has 100 valence electrons. The second kappa shape index (κ2) is 4.92. The van der Waals surface area contributed by atoms with Gasteiger partial charge in [-0.25, -0.2) is 0 Å². The van der Waals surface area contributed by atoms with Crippen LogP contribution in [0.25, 0.3) is 0 Å². The summed E-state index contributed by atoms with van der Waals surface area (Å²) in [5, 5.41) is 0. The summed E-state index contributed by atoms with van der Waals surface area (Å²) in [6.45, 7) is 9.55. The lowest BCUT2D eigenvalue weighted by atomic mass is 10.1. The van der Waals surface area contributed by atoms with Crippen LogP contribution in [-0.2, 0) is 19.0 Å². The monoisotopic (exact) mass is 245 g/mol. The van der Waals surface area contributed by atoms with E-state index in [-0.39, 0.29) is 18.5 Å². The highest BCUT2D eigenvalue weighted by Crippen LogP contribution is 2.24. The third-order valence-electron chi connectivity index (χ3n) is 2.33. The molecule has 0 radical (unpaired) electrons. The lowest BCUT2D eigenvalue weighted by Crippen LogP contribution is -2.40. The van der Waals surface area contributed by atoms with Crippen LogP contribution in [0.4, 0.5) is 0 Å². The first-order valence-electron chi connectivity index (χ1n) is 5.88. The van der Waals surface area contributed by atoms with Crippen LogP contribution >= 0.6 is 0 Å². The molecule has 0 amide bonds. The summed E-state index contributed by atoms with van der Waals surface area (Å²) in [6, 6.07) is -0.397. The van der Waals surface area contributed by atoms with Crippen LogP contribution in [0.2, 0.25) is 0 Å². The number of ether oxygens (including phenoxy) is 3. The molecule has 0 aromatic carbocycles. The van der Waals surface area contributed by atoms with Gasteiger partial charge >= 0.3 is 5.97 Å². The number of hydrogen-bond donors (Lipinski definition) is 1. The first-order valence-corrected chi connectivity index (χ1v) is 5.88. The smallest absolute Gasteiger partial charge is 0.307 e. The van der Waals surface area contributed by atoms with E-state index in [1.165, 1.54) is 0 Å². The highest BCUT2D eigenvalue weighted by Gasteiger charge is 2.37. The molecule has 2 atom stereocenters. The molecule has 1 rings (SSSR count). The van der Waals surface area contributed by atoms with Gasteiger partial charge in [-0.3, -0.25) is 4.79 Å². The second-order valence-corrected chi connectivity index (χ2v) is 5.82. The Bertz CT molecular complexity index is 283. The van der Waals surface area contributed by atoms with Gasteiger partial charge in [-0.2, -0.15) is 0 Å². The predicted octanol–water partition coefficient (Wildman–Crippen LogP) is 1.20. The van der Waals surface area contributed by atoms with E-state index in [0.717, 1.165) is 0 Å². The Hall–Kier alpha value is -0.650. The molecule has 0 aromatic rings. The first-order chi connectivity index (χ1) is 7.59. The normalized spacial score (nSPS) is 25.6. The molecule has 0 spiro atoms. The Morgan fingerprint density at radius 2 is 2.12 bits per heavy atom. The number of carbonyl (C=O) groups excluding carboxylic acids is 1. The fourth-order valence-corrected chi connectivity index (χ4v) is 1.63. The van der Waals surface area contributed by atoms with E-state index in [4.69, 9.17) is 19.9 Å². The lowest BCUT2D eigenvalue weighted by molar-refractivity contribution is -0.158. The molecule has 1 fully saturated rings. The van der Waals surface area contributed by atoms with Crippen LogP contribution in [-0.4, -0.2) is 36.1 Å². The van der Waals surface area contributed by atoms with Crippen LogP contribution in [0.5, 0.6) is 0 Å². The van der Waals surface area contributed by atoms with Crippen LogP contribution in [0, 0.1) is 0 Å². The van der Waals surface area contributed by atoms with Crippen molar-refractivity contribution in [2.45, 2.75) is 64.6 Å². The van der Waals surface area contributed by atoms with Gasteiger partial charge in [0.1, 0.15) is 5.60 Å². The molecule has 1 heterocycles. The van der Waals surface area contributed by atoms with Gasteiger partial charge in [0.05, 0.1) is 19.1 Å². The zero-order valence-corrected chi connectivity index (χ0v) is 11.3.